The number of aliphatic carboxylic acids is 1. The lowest BCUT2D eigenvalue weighted by atomic mass is 10.1. The number of carbonyl (C=O) groups is 2. The maximum Gasteiger partial charge on any atom is 0.303 e. The molecule has 2 N–H and O–H groups in total. The van der Waals surface area contributed by atoms with Gasteiger partial charge in [0.05, 0.1) is 7.11 Å². The van der Waals surface area contributed by atoms with Gasteiger partial charge in [0, 0.05) is 24.6 Å². The molecule has 20 heavy (non-hydrogen) atoms. The van der Waals surface area contributed by atoms with Gasteiger partial charge in [0.25, 0.3) is 0 Å². The number of rotatable bonds is 7. The maximum absolute atomic E-state index is 11.6. The van der Waals surface area contributed by atoms with Crippen molar-refractivity contribution in [1.82, 2.24) is 5.32 Å². The fourth-order valence-electron chi connectivity index (χ4n) is 1.67. The molecule has 5 heteroatoms. The number of carboxylic acid groups (broad SMARTS) is 1. The lowest BCUT2D eigenvalue weighted by Gasteiger charge is -2.08. The van der Waals surface area contributed by atoms with Crippen LogP contribution in [0.25, 0.3) is 6.08 Å². The summed E-state index contributed by atoms with van der Waals surface area (Å²) in [5.41, 5.74) is 0.809. The second-order valence-electron chi connectivity index (χ2n) is 4.52. The van der Waals surface area contributed by atoms with Crippen LogP contribution in [-0.4, -0.2) is 30.6 Å². The number of hydrogen-bond acceptors (Lipinski definition) is 3. The minimum absolute atomic E-state index is 0.0382. The van der Waals surface area contributed by atoms with Gasteiger partial charge >= 0.3 is 5.97 Å². The van der Waals surface area contributed by atoms with Gasteiger partial charge in [0.15, 0.2) is 0 Å². The number of amides is 1. The first-order chi connectivity index (χ1) is 9.52. The molecule has 0 bridgehead atoms. The number of benzene rings is 1. The highest BCUT2D eigenvalue weighted by Gasteiger charge is 2.08. The van der Waals surface area contributed by atoms with E-state index in [1.54, 1.807) is 20.1 Å². The molecule has 0 aliphatic carbocycles. The molecule has 0 aliphatic rings. The summed E-state index contributed by atoms with van der Waals surface area (Å²) in [6.07, 6.45) is 3.11. The van der Waals surface area contributed by atoms with Crippen LogP contribution in [0.3, 0.4) is 0 Å². The average Bonchev–Trinajstić information content (AvgIpc) is 2.42. The molecule has 0 saturated carbocycles. The quantitative estimate of drug-likeness (QED) is 0.747. The summed E-state index contributed by atoms with van der Waals surface area (Å²) in [5, 5.41) is 11.3. The minimum atomic E-state index is -0.865. The first-order valence-electron chi connectivity index (χ1n) is 6.33. The zero-order valence-corrected chi connectivity index (χ0v) is 11.6. The van der Waals surface area contributed by atoms with Gasteiger partial charge < -0.3 is 15.2 Å². The van der Waals surface area contributed by atoms with Crippen LogP contribution < -0.4 is 10.1 Å². The molecule has 0 fully saturated rings. The van der Waals surface area contributed by atoms with E-state index in [4.69, 9.17) is 9.84 Å². The van der Waals surface area contributed by atoms with Gasteiger partial charge in [-0.05, 0) is 18.1 Å². The van der Waals surface area contributed by atoms with Crippen molar-refractivity contribution in [3.8, 4) is 5.75 Å². The molecular weight excluding hydrogens is 258 g/mol. The molecule has 0 radical (unpaired) electrons. The molecule has 0 spiro atoms. The summed E-state index contributed by atoms with van der Waals surface area (Å²) in [7, 11) is 1.57. The first-order valence-corrected chi connectivity index (χ1v) is 6.33. The van der Waals surface area contributed by atoms with Crippen molar-refractivity contribution in [2.45, 2.75) is 13.3 Å². The highest BCUT2D eigenvalue weighted by atomic mass is 16.5. The summed E-state index contributed by atoms with van der Waals surface area (Å²) in [4.78, 5) is 22.1. The highest BCUT2D eigenvalue weighted by molar-refractivity contribution is 5.92. The van der Waals surface area contributed by atoms with Crippen LogP contribution in [0, 0.1) is 5.92 Å². The Hall–Kier alpha value is -2.30. The summed E-state index contributed by atoms with van der Waals surface area (Å²) < 4.78 is 5.17. The van der Waals surface area contributed by atoms with Gasteiger partial charge in [-0.1, -0.05) is 25.1 Å². The molecule has 1 aromatic carbocycles. The lowest BCUT2D eigenvalue weighted by molar-refractivity contribution is -0.138. The van der Waals surface area contributed by atoms with E-state index in [0.29, 0.717) is 12.3 Å². The second kappa shape index (κ2) is 7.99. The van der Waals surface area contributed by atoms with E-state index in [0.717, 1.165) is 5.56 Å². The maximum atomic E-state index is 11.6. The number of methoxy groups -OCH3 is 1. The van der Waals surface area contributed by atoms with Gasteiger partial charge in [-0.15, -0.1) is 0 Å². The zero-order chi connectivity index (χ0) is 15.0. The molecule has 0 aromatic heterocycles. The van der Waals surface area contributed by atoms with Crippen LogP contribution in [0.5, 0.6) is 5.75 Å². The Morgan fingerprint density at radius 2 is 2.10 bits per heavy atom. The third-order valence-electron chi connectivity index (χ3n) is 2.70. The Bertz CT molecular complexity index is 496. The summed E-state index contributed by atoms with van der Waals surface area (Å²) in [6.45, 7) is 2.11. The molecular formula is C15H19NO4. The molecule has 0 aliphatic heterocycles. The Kier molecular flexibility index (Phi) is 6.29. The number of carbonyl (C=O) groups excluding carboxylic acids is 1. The van der Waals surface area contributed by atoms with E-state index in [1.807, 2.05) is 24.3 Å². The fourth-order valence-corrected chi connectivity index (χ4v) is 1.67. The standard InChI is InChI=1S/C15H19NO4/c1-11(9-15(18)19)10-16-14(17)8-7-12-5-3-4-6-13(12)20-2/h3-8,11H,9-10H2,1-2H3,(H,16,17)(H,18,19)/b8-7+. The van der Waals surface area contributed by atoms with Crippen molar-refractivity contribution in [2.75, 3.05) is 13.7 Å². The topological polar surface area (TPSA) is 75.6 Å². The highest BCUT2D eigenvalue weighted by Crippen LogP contribution is 2.18. The third kappa shape index (κ3) is 5.56. The normalized spacial score (nSPS) is 12.1. The molecule has 0 saturated heterocycles. The first kappa shape index (κ1) is 15.8. The van der Waals surface area contributed by atoms with Gasteiger partial charge in [-0.3, -0.25) is 9.59 Å². The molecule has 1 atom stereocenters. The van der Waals surface area contributed by atoms with Crippen LogP contribution >= 0.6 is 0 Å². The van der Waals surface area contributed by atoms with E-state index in [1.165, 1.54) is 6.08 Å². The van der Waals surface area contributed by atoms with Gasteiger partial charge in [0.2, 0.25) is 5.91 Å². The minimum Gasteiger partial charge on any atom is -0.496 e. The Morgan fingerprint density at radius 3 is 2.75 bits per heavy atom. The predicted octanol–water partition coefficient (Wildman–Crippen LogP) is 1.94. The molecule has 1 aromatic rings. The van der Waals surface area contributed by atoms with Crippen molar-refractivity contribution in [3.05, 3.63) is 35.9 Å². The molecule has 108 valence electrons. The number of hydrogen-bond donors (Lipinski definition) is 2. The molecule has 5 nitrogen and oxygen atoms in total. The van der Waals surface area contributed by atoms with Crippen molar-refractivity contribution < 1.29 is 19.4 Å². The largest absolute Gasteiger partial charge is 0.496 e. The second-order valence-corrected chi connectivity index (χ2v) is 4.52. The van der Waals surface area contributed by atoms with E-state index < -0.39 is 5.97 Å². The monoisotopic (exact) mass is 277 g/mol. The van der Waals surface area contributed by atoms with Crippen LogP contribution in [0.1, 0.15) is 18.9 Å². The van der Waals surface area contributed by atoms with Crippen LogP contribution in [0.2, 0.25) is 0 Å². The number of nitrogens with one attached hydrogen (secondary N) is 1. The molecule has 1 unspecified atom stereocenters. The van der Waals surface area contributed by atoms with Gasteiger partial charge in [-0.2, -0.15) is 0 Å². The van der Waals surface area contributed by atoms with Crippen molar-refractivity contribution in [3.63, 3.8) is 0 Å². The summed E-state index contributed by atoms with van der Waals surface area (Å²) >= 11 is 0. The van der Waals surface area contributed by atoms with Crippen LogP contribution in [0.15, 0.2) is 30.3 Å². The van der Waals surface area contributed by atoms with Crippen molar-refractivity contribution in [2.24, 2.45) is 5.92 Å². The lowest BCUT2D eigenvalue weighted by Crippen LogP contribution is -2.27. The van der Waals surface area contributed by atoms with E-state index >= 15 is 0 Å². The summed E-state index contributed by atoms with van der Waals surface area (Å²) in [6, 6.07) is 7.36. The number of ether oxygens (including phenoxy) is 1. The SMILES string of the molecule is COc1ccccc1/C=C/C(=O)NCC(C)CC(=O)O. The Morgan fingerprint density at radius 1 is 1.40 bits per heavy atom. The average molecular weight is 277 g/mol. The predicted molar refractivity (Wildman–Crippen MR) is 76.5 cm³/mol. The van der Waals surface area contributed by atoms with Crippen LogP contribution in [0.4, 0.5) is 0 Å². The Balaban J connectivity index is 2.49. The van der Waals surface area contributed by atoms with Crippen molar-refractivity contribution >= 4 is 18.0 Å². The zero-order valence-electron chi connectivity index (χ0n) is 11.6. The fraction of sp³-hybridized carbons (Fsp3) is 0.333. The molecule has 0 heterocycles. The third-order valence-corrected chi connectivity index (χ3v) is 2.70. The van der Waals surface area contributed by atoms with Gasteiger partial charge in [0.1, 0.15) is 5.75 Å². The number of para-hydroxylation sites is 1. The van der Waals surface area contributed by atoms with E-state index in [2.05, 4.69) is 5.32 Å². The molecule has 1 rings (SSSR count). The van der Waals surface area contributed by atoms with Gasteiger partial charge in [-0.25, -0.2) is 0 Å². The van der Waals surface area contributed by atoms with E-state index in [9.17, 15) is 9.59 Å². The number of carboxylic acids is 1. The van der Waals surface area contributed by atoms with Crippen molar-refractivity contribution in [1.29, 1.82) is 0 Å². The summed E-state index contributed by atoms with van der Waals surface area (Å²) in [5.74, 6) is -0.531. The Labute approximate surface area is 118 Å². The van der Waals surface area contributed by atoms with Crippen LogP contribution in [-0.2, 0) is 9.59 Å². The van der Waals surface area contributed by atoms with E-state index in [-0.39, 0.29) is 18.2 Å². The molecule has 1 amide bonds. The smallest absolute Gasteiger partial charge is 0.303 e.